The van der Waals surface area contributed by atoms with Crippen LogP contribution in [0.1, 0.15) is 54.6 Å². The van der Waals surface area contributed by atoms with Gasteiger partial charge in [0, 0.05) is 5.56 Å². The van der Waals surface area contributed by atoms with Crippen LogP contribution >= 0.6 is 0 Å². The summed E-state index contributed by atoms with van der Waals surface area (Å²) >= 11 is 0. The number of aryl methyl sites for hydroxylation is 1. The van der Waals surface area contributed by atoms with Gasteiger partial charge < -0.3 is 31.5 Å². The van der Waals surface area contributed by atoms with Crippen LogP contribution in [0.2, 0.25) is 0 Å². The Morgan fingerprint density at radius 1 is 1.00 bits per heavy atom. The molecule has 1 saturated heterocycles. The van der Waals surface area contributed by atoms with Crippen molar-refractivity contribution in [2.24, 2.45) is 0 Å². The molecule has 0 aliphatic carbocycles. The number of piperidine rings is 1. The van der Waals surface area contributed by atoms with Gasteiger partial charge in [-0.3, -0.25) is 4.79 Å². The van der Waals surface area contributed by atoms with Crippen LogP contribution in [0.25, 0.3) is 0 Å². The zero-order chi connectivity index (χ0) is 21.6. The average Bonchev–Trinajstić information content (AvgIpc) is 2.70. The summed E-state index contributed by atoms with van der Waals surface area (Å²) in [5.41, 5.74) is 3.08. The van der Waals surface area contributed by atoms with Crippen molar-refractivity contribution in [1.29, 1.82) is 0 Å². The molecule has 2 aromatic carbocycles. The van der Waals surface area contributed by atoms with E-state index >= 15 is 0 Å². The molecular formula is C25H33BrN2O3. The van der Waals surface area contributed by atoms with E-state index in [4.69, 9.17) is 4.74 Å². The lowest BCUT2D eigenvalue weighted by atomic mass is 10.0. The smallest absolute Gasteiger partial charge is 0.340 e. The highest BCUT2D eigenvalue weighted by Gasteiger charge is 2.33. The van der Waals surface area contributed by atoms with Gasteiger partial charge in [-0.1, -0.05) is 42.5 Å². The zero-order valence-electron chi connectivity index (χ0n) is 18.7. The van der Waals surface area contributed by atoms with E-state index in [0.717, 1.165) is 42.5 Å². The van der Waals surface area contributed by atoms with Gasteiger partial charge in [-0.15, -0.1) is 0 Å². The maximum atomic E-state index is 13.1. The number of ether oxygens (including phenoxy) is 1. The highest BCUT2D eigenvalue weighted by Crippen LogP contribution is 2.25. The van der Waals surface area contributed by atoms with Crippen LogP contribution in [0, 0.1) is 6.92 Å². The lowest BCUT2D eigenvalue weighted by Gasteiger charge is -2.41. The number of quaternary nitrogens is 1. The first kappa shape index (κ1) is 25.1. The summed E-state index contributed by atoms with van der Waals surface area (Å²) < 4.78 is 6.13. The minimum Gasteiger partial charge on any atom is -1.00 e. The molecule has 0 bridgehead atoms. The Kier molecular flexibility index (Phi) is 9.26. The lowest BCUT2D eigenvalue weighted by molar-refractivity contribution is -0.937. The molecule has 1 fully saturated rings. The molecule has 6 heteroatoms. The van der Waals surface area contributed by atoms with Crippen molar-refractivity contribution in [1.82, 2.24) is 0 Å². The molecule has 1 aliphatic rings. The quantitative estimate of drug-likeness (QED) is 0.476. The van der Waals surface area contributed by atoms with Crippen molar-refractivity contribution in [3.8, 4) is 0 Å². The monoisotopic (exact) mass is 488 g/mol. The van der Waals surface area contributed by atoms with Gasteiger partial charge in [-0.25, -0.2) is 4.79 Å². The fourth-order valence-electron chi connectivity index (χ4n) is 4.29. The molecule has 0 atom stereocenters. The van der Waals surface area contributed by atoms with E-state index in [0.29, 0.717) is 17.8 Å². The van der Waals surface area contributed by atoms with Gasteiger partial charge in [0.15, 0.2) is 6.54 Å². The molecule has 0 saturated carbocycles. The van der Waals surface area contributed by atoms with E-state index in [1.807, 2.05) is 39.0 Å². The number of amides is 1. The number of carbonyl (C=O) groups excluding carboxylic acids is 2. The molecule has 0 radical (unpaired) electrons. The molecule has 0 aromatic heterocycles. The Labute approximate surface area is 196 Å². The Morgan fingerprint density at radius 3 is 2.32 bits per heavy atom. The Hall–Kier alpha value is -2.18. The maximum Gasteiger partial charge on any atom is 0.340 e. The maximum absolute atomic E-state index is 13.1. The standard InChI is InChI=1S/C25H32N2O3.BrH/c1-19(2)30-25(29)22-14-10-11-20(3)24(22)26-23(28)18-27(15-8-5-9-16-27)17-21-12-6-4-7-13-21;/h4,6-7,10-14,19H,5,8-9,15-18H2,1-3H3;1H. The number of halogens is 1. The fourth-order valence-corrected chi connectivity index (χ4v) is 4.29. The SMILES string of the molecule is Cc1cccc(C(=O)OC(C)C)c1NC(=O)C[N+]1(Cc2ccccc2)CCCCC1.[Br-]. The highest BCUT2D eigenvalue weighted by molar-refractivity contribution is 6.02. The van der Waals surface area contributed by atoms with E-state index in [1.54, 1.807) is 6.07 Å². The van der Waals surface area contributed by atoms with E-state index in [2.05, 4.69) is 29.6 Å². The number of likely N-dealkylation sites (tertiary alicyclic amines) is 1. The molecule has 5 nitrogen and oxygen atoms in total. The number of anilines is 1. The first-order chi connectivity index (χ1) is 14.4. The average molecular weight is 489 g/mol. The van der Waals surface area contributed by atoms with Crippen LogP contribution in [-0.4, -0.2) is 42.1 Å². The predicted octanol–water partition coefficient (Wildman–Crippen LogP) is 1.70. The molecule has 31 heavy (non-hydrogen) atoms. The number of rotatable bonds is 7. The topological polar surface area (TPSA) is 55.4 Å². The second-order valence-electron chi connectivity index (χ2n) is 8.65. The molecule has 168 valence electrons. The number of hydrogen-bond donors (Lipinski definition) is 1. The zero-order valence-corrected chi connectivity index (χ0v) is 20.3. The van der Waals surface area contributed by atoms with Crippen LogP contribution in [0.5, 0.6) is 0 Å². The third-order valence-electron chi connectivity index (χ3n) is 5.70. The van der Waals surface area contributed by atoms with E-state index in [1.165, 1.54) is 12.0 Å². The largest absolute Gasteiger partial charge is 1.00 e. The Morgan fingerprint density at radius 2 is 1.68 bits per heavy atom. The summed E-state index contributed by atoms with van der Waals surface area (Å²) in [6.07, 6.45) is 3.28. The van der Waals surface area contributed by atoms with Crippen LogP contribution in [0.3, 0.4) is 0 Å². The number of nitrogens with zero attached hydrogens (tertiary/aromatic N) is 1. The van der Waals surface area contributed by atoms with Crippen LogP contribution in [-0.2, 0) is 16.1 Å². The summed E-state index contributed by atoms with van der Waals surface area (Å²) in [6.45, 7) is 8.79. The molecule has 1 aliphatic heterocycles. The number of esters is 1. The minimum atomic E-state index is -0.407. The van der Waals surface area contributed by atoms with Crippen molar-refractivity contribution < 1.29 is 35.8 Å². The molecule has 2 aromatic rings. The summed E-state index contributed by atoms with van der Waals surface area (Å²) in [5, 5.41) is 3.04. The first-order valence-corrected chi connectivity index (χ1v) is 10.9. The molecule has 1 amide bonds. The van der Waals surface area contributed by atoms with E-state index in [9.17, 15) is 9.59 Å². The van der Waals surface area contributed by atoms with Crippen molar-refractivity contribution in [3.63, 3.8) is 0 Å². The number of carbonyl (C=O) groups is 2. The Bertz CT molecular complexity index is 878. The van der Waals surface area contributed by atoms with Crippen LogP contribution in [0.4, 0.5) is 5.69 Å². The van der Waals surface area contributed by atoms with Crippen molar-refractivity contribution in [2.75, 3.05) is 25.0 Å². The third-order valence-corrected chi connectivity index (χ3v) is 5.70. The summed E-state index contributed by atoms with van der Waals surface area (Å²) in [7, 11) is 0. The predicted molar refractivity (Wildman–Crippen MR) is 119 cm³/mol. The normalized spacial score (nSPS) is 15.1. The van der Waals surface area contributed by atoms with Crippen LogP contribution < -0.4 is 22.3 Å². The highest BCUT2D eigenvalue weighted by atomic mass is 79.9. The molecular weight excluding hydrogens is 456 g/mol. The molecule has 0 unspecified atom stereocenters. The van der Waals surface area contributed by atoms with E-state index in [-0.39, 0.29) is 29.0 Å². The molecule has 0 spiro atoms. The summed E-state index contributed by atoms with van der Waals surface area (Å²) in [5.74, 6) is -0.462. The number of para-hydroxylation sites is 1. The summed E-state index contributed by atoms with van der Waals surface area (Å²) in [4.78, 5) is 25.7. The fraction of sp³-hybridized carbons (Fsp3) is 0.440. The molecule has 1 heterocycles. The van der Waals surface area contributed by atoms with Gasteiger partial charge in [-0.05, 0) is 51.7 Å². The van der Waals surface area contributed by atoms with Gasteiger partial charge >= 0.3 is 5.97 Å². The number of nitrogens with one attached hydrogen (secondary N) is 1. The third kappa shape index (κ3) is 6.91. The molecule has 3 rings (SSSR count). The first-order valence-electron chi connectivity index (χ1n) is 10.9. The van der Waals surface area contributed by atoms with Gasteiger partial charge in [-0.2, -0.15) is 0 Å². The van der Waals surface area contributed by atoms with Crippen molar-refractivity contribution >= 4 is 17.6 Å². The summed E-state index contributed by atoms with van der Waals surface area (Å²) in [6, 6.07) is 15.8. The second kappa shape index (κ2) is 11.4. The van der Waals surface area contributed by atoms with Crippen molar-refractivity contribution in [2.45, 2.75) is 52.7 Å². The number of hydrogen-bond acceptors (Lipinski definition) is 3. The second-order valence-corrected chi connectivity index (χ2v) is 8.65. The van der Waals surface area contributed by atoms with Gasteiger partial charge in [0.1, 0.15) is 6.54 Å². The van der Waals surface area contributed by atoms with E-state index < -0.39 is 5.97 Å². The lowest BCUT2D eigenvalue weighted by Crippen LogP contribution is -3.00. The van der Waals surface area contributed by atoms with Gasteiger partial charge in [0.2, 0.25) is 0 Å². The Balaban J connectivity index is 0.00000341. The van der Waals surface area contributed by atoms with Gasteiger partial charge in [0.05, 0.1) is 30.4 Å². The van der Waals surface area contributed by atoms with Crippen LogP contribution in [0.15, 0.2) is 48.5 Å². The van der Waals surface area contributed by atoms with Gasteiger partial charge in [0.25, 0.3) is 5.91 Å². The minimum absolute atomic E-state index is 0. The number of benzene rings is 2. The van der Waals surface area contributed by atoms with Crippen molar-refractivity contribution in [3.05, 3.63) is 65.2 Å². The molecule has 1 N–H and O–H groups in total.